The van der Waals surface area contributed by atoms with E-state index in [0.717, 1.165) is 13.0 Å². The van der Waals surface area contributed by atoms with Crippen LogP contribution in [0.5, 0.6) is 0 Å². The van der Waals surface area contributed by atoms with Crippen LogP contribution in [0.3, 0.4) is 0 Å². The van der Waals surface area contributed by atoms with Gasteiger partial charge < -0.3 is 5.11 Å². The van der Waals surface area contributed by atoms with Crippen molar-refractivity contribution in [1.82, 2.24) is 9.78 Å². The van der Waals surface area contributed by atoms with Crippen LogP contribution >= 0.6 is 0 Å². The second-order valence-corrected chi connectivity index (χ2v) is 5.40. The predicted octanol–water partition coefficient (Wildman–Crippen LogP) is 2.10. The molecule has 0 radical (unpaired) electrons. The van der Waals surface area contributed by atoms with Gasteiger partial charge in [-0.2, -0.15) is 5.10 Å². The molecule has 86 valence electrons. The summed E-state index contributed by atoms with van der Waals surface area (Å²) in [5.41, 5.74) is 1.15. The second kappa shape index (κ2) is 4.79. The highest BCUT2D eigenvalue weighted by atomic mass is 16.3. The smallest absolute Gasteiger partial charge is 0.0492 e. The molecule has 1 aromatic rings. The van der Waals surface area contributed by atoms with Crippen molar-refractivity contribution >= 4 is 0 Å². The molecular weight excluding hydrogens is 188 g/mol. The number of aromatic nitrogens is 2. The van der Waals surface area contributed by atoms with Crippen LogP contribution in [0.4, 0.5) is 0 Å². The molecule has 0 aliphatic carbocycles. The average molecular weight is 210 g/mol. The van der Waals surface area contributed by atoms with Crippen LogP contribution in [0.15, 0.2) is 12.3 Å². The molecule has 0 saturated carbocycles. The number of aliphatic hydroxyl groups is 1. The first-order valence-corrected chi connectivity index (χ1v) is 5.56. The van der Waals surface area contributed by atoms with Crippen molar-refractivity contribution < 1.29 is 5.11 Å². The van der Waals surface area contributed by atoms with Crippen molar-refractivity contribution in [3.63, 3.8) is 0 Å². The first-order chi connectivity index (χ1) is 6.94. The Hall–Kier alpha value is -0.830. The van der Waals surface area contributed by atoms with Crippen LogP contribution in [-0.4, -0.2) is 21.5 Å². The number of rotatable bonds is 5. The number of aliphatic hydroxyl groups excluding tert-OH is 1. The van der Waals surface area contributed by atoms with E-state index in [2.05, 4.69) is 32.8 Å². The molecule has 0 atom stereocenters. The summed E-state index contributed by atoms with van der Waals surface area (Å²) in [4.78, 5) is 0. The normalized spacial score (nSPS) is 12.4. The monoisotopic (exact) mass is 210 g/mol. The SMILES string of the molecule is CC(C)Cn1nccc1CC(C)(C)CO. The van der Waals surface area contributed by atoms with Gasteiger partial charge in [-0.05, 0) is 23.8 Å². The third-order valence-electron chi connectivity index (χ3n) is 2.43. The Morgan fingerprint density at radius 2 is 2.13 bits per heavy atom. The molecule has 0 aliphatic rings. The van der Waals surface area contributed by atoms with Crippen molar-refractivity contribution in [2.45, 2.75) is 40.7 Å². The van der Waals surface area contributed by atoms with Gasteiger partial charge in [0, 0.05) is 25.0 Å². The Morgan fingerprint density at radius 3 is 2.67 bits per heavy atom. The Morgan fingerprint density at radius 1 is 1.47 bits per heavy atom. The Labute approximate surface area is 92.1 Å². The van der Waals surface area contributed by atoms with Crippen LogP contribution in [0.1, 0.15) is 33.4 Å². The van der Waals surface area contributed by atoms with Crippen molar-refractivity contribution in [2.24, 2.45) is 11.3 Å². The number of nitrogens with zero attached hydrogens (tertiary/aromatic N) is 2. The summed E-state index contributed by atoms with van der Waals surface area (Å²) in [7, 11) is 0. The van der Waals surface area contributed by atoms with E-state index in [1.807, 2.05) is 16.9 Å². The molecule has 3 heteroatoms. The van der Waals surface area contributed by atoms with Crippen LogP contribution < -0.4 is 0 Å². The fourth-order valence-electron chi connectivity index (χ4n) is 1.57. The molecule has 0 unspecified atom stereocenters. The number of hydrogen-bond acceptors (Lipinski definition) is 2. The van der Waals surface area contributed by atoms with Crippen LogP contribution in [0.2, 0.25) is 0 Å². The highest BCUT2D eigenvalue weighted by Gasteiger charge is 2.19. The maximum Gasteiger partial charge on any atom is 0.0492 e. The van der Waals surface area contributed by atoms with Crippen LogP contribution in [0, 0.1) is 11.3 Å². The Kier molecular flexibility index (Phi) is 3.91. The first-order valence-electron chi connectivity index (χ1n) is 5.56. The highest BCUT2D eigenvalue weighted by molar-refractivity contribution is 5.03. The van der Waals surface area contributed by atoms with Crippen LogP contribution in [-0.2, 0) is 13.0 Å². The standard InChI is InChI=1S/C12H22N2O/c1-10(2)8-14-11(5-6-13-14)7-12(3,4)9-15/h5-6,10,15H,7-9H2,1-4H3. The predicted molar refractivity (Wildman–Crippen MR) is 61.6 cm³/mol. The van der Waals surface area contributed by atoms with Gasteiger partial charge in [0.05, 0.1) is 0 Å². The lowest BCUT2D eigenvalue weighted by Crippen LogP contribution is -2.22. The molecule has 1 rings (SSSR count). The quantitative estimate of drug-likeness (QED) is 0.808. The van der Waals surface area contributed by atoms with E-state index in [9.17, 15) is 5.11 Å². The van der Waals surface area contributed by atoms with E-state index < -0.39 is 0 Å². The largest absolute Gasteiger partial charge is 0.396 e. The van der Waals surface area contributed by atoms with Gasteiger partial charge in [0.1, 0.15) is 0 Å². The first kappa shape index (κ1) is 12.2. The van der Waals surface area contributed by atoms with Crippen molar-refractivity contribution in [3.05, 3.63) is 18.0 Å². The third-order valence-corrected chi connectivity index (χ3v) is 2.43. The van der Waals surface area contributed by atoms with Crippen molar-refractivity contribution in [2.75, 3.05) is 6.61 Å². The summed E-state index contributed by atoms with van der Waals surface area (Å²) in [5.74, 6) is 0.598. The molecule has 0 aromatic carbocycles. The molecular formula is C12H22N2O. The second-order valence-electron chi connectivity index (χ2n) is 5.40. The van der Waals surface area contributed by atoms with Gasteiger partial charge in [0.25, 0.3) is 0 Å². The molecule has 1 N–H and O–H groups in total. The minimum Gasteiger partial charge on any atom is -0.396 e. The number of hydrogen-bond donors (Lipinski definition) is 1. The molecule has 15 heavy (non-hydrogen) atoms. The molecule has 0 fully saturated rings. The summed E-state index contributed by atoms with van der Waals surface area (Å²) < 4.78 is 2.04. The molecule has 0 aliphatic heterocycles. The molecule has 3 nitrogen and oxygen atoms in total. The third kappa shape index (κ3) is 3.67. The molecule has 0 amide bonds. The summed E-state index contributed by atoms with van der Waals surface area (Å²) in [6.45, 7) is 9.66. The van der Waals surface area contributed by atoms with Gasteiger partial charge in [-0.15, -0.1) is 0 Å². The van der Waals surface area contributed by atoms with Gasteiger partial charge in [0.2, 0.25) is 0 Å². The van der Waals surface area contributed by atoms with Crippen molar-refractivity contribution in [1.29, 1.82) is 0 Å². The molecule has 0 saturated heterocycles. The average Bonchev–Trinajstić information content (AvgIpc) is 2.51. The highest BCUT2D eigenvalue weighted by Crippen LogP contribution is 2.21. The zero-order valence-electron chi connectivity index (χ0n) is 10.2. The van der Waals surface area contributed by atoms with Gasteiger partial charge >= 0.3 is 0 Å². The van der Waals surface area contributed by atoms with E-state index in [0.29, 0.717) is 5.92 Å². The zero-order valence-corrected chi connectivity index (χ0v) is 10.2. The van der Waals surface area contributed by atoms with E-state index in [-0.39, 0.29) is 12.0 Å². The lowest BCUT2D eigenvalue weighted by molar-refractivity contribution is 0.157. The summed E-state index contributed by atoms with van der Waals surface area (Å²) in [5, 5.41) is 13.5. The summed E-state index contributed by atoms with van der Waals surface area (Å²) in [6, 6.07) is 2.04. The minimum atomic E-state index is -0.0608. The minimum absolute atomic E-state index is 0.0608. The lowest BCUT2D eigenvalue weighted by Gasteiger charge is -2.22. The van der Waals surface area contributed by atoms with Crippen LogP contribution in [0.25, 0.3) is 0 Å². The van der Waals surface area contributed by atoms with Gasteiger partial charge in [-0.25, -0.2) is 0 Å². The van der Waals surface area contributed by atoms with E-state index in [4.69, 9.17) is 0 Å². The summed E-state index contributed by atoms with van der Waals surface area (Å²) in [6.07, 6.45) is 2.71. The van der Waals surface area contributed by atoms with E-state index in [1.54, 1.807) is 0 Å². The topological polar surface area (TPSA) is 38.0 Å². The van der Waals surface area contributed by atoms with Gasteiger partial charge in [0.15, 0.2) is 0 Å². The Balaban J connectivity index is 2.73. The Bertz CT molecular complexity index is 302. The molecule has 1 aromatic heterocycles. The van der Waals surface area contributed by atoms with Gasteiger partial charge in [-0.3, -0.25) is 4.68 Å². The maximum atomic E-state index is 9.24. The summed E-state index contributed by atoms with van der Waals surface area (Å²) >= 11 is 0. The fraction of sp³-hybridized carbons (Fsp3) is 0.750. The lowest BCUT2D eigenvalue weighted by atomic mass is 9.89. The fourth-order valence-corrected chi connectivity index (χ4v) is 1.57. The van der Waals surface area contributed by atoms with E-state index in [1.165, 1.54) is 5.69 Å². The molecule has 0 bridgehead atoms. The van der Waals surface area contributed by atoms with E-state index >= 15 is 0 Å². The van der Waals surface area contributed by atoms with Crippen molar-refractivity contribution in [3.8, 4) is 0 Å². The maximum absolute atomic E-state index is 9.24. The van der Waals surface area contributed by atoms with Gasteiger partial charge in [-0.1, -0.05) is 27.7 Å². The zero-order chi connectivity index (χ0) is 11.5. The molecule has 1 heterocycles. The molecule has 0 spiro atoms.